The number of nitrogens with zero attached hydrogens (tertiary/aromatic N) is 4. The molecule has 1 fully saturated rings. The van der Waals surface area contributed by atoms with Crippen LogP contribution in [-0.4, -0.2) is 84.9 Å². The first-order chi connectivity index (χ1) is 18.3. The van der Waals surface area contributed by atoms with Gasteiger partial charge in [0.1, 0.15) is 4.90 Å². The Morgan fingerprint density at radius 3 is 2.44 bits per heavy atom. The zero-order valence-electron chi connectivity index (χ0n) is 23.3. The largest absolute Gasteiger partial charge is 0.483 e. The molecule has 3 heterocycles. The summed E-state index contributed by atoms with van der Waals surface area (Å²) in [4.78, 5) is 19.5. The maximum Gasteiger partial charge on any atom is 0.290 e. The molecule has 4 rings (SSSR count). The van der Waals surface area contributed by atoms with Crippen LogP contribution in [0.25, 0.3) is 22.2 Å². The molecule has 1 aliphatic rings. The Hall–Kier alpha value is -3.26. The van der Waals surface area contributed by atoms with Crippen LogP contribution in [0.1, 0.15) is 33.6 Å². The van der Waals surface area contributed by atoms with Crippen molar-refractivity contribution in [3.8, 4) is 17.0 Å². The van der Waals surface area contributed by atoms with E-state index in [1.807, 2.05) is 22.8 Å². The van der Waals surface area contributed by atoms with Crippen LogP contribution in [0.4, 0.5) is 5.95 Å². The highest BCUT2D eigenvalue weighted by atomic mass is 32.2. The highest BCUT2D eigenvalue weighted by Crippen LogP contribution is 2.34. The average Bonchev–Trinajstić information content (AvgIpc) is 3.17. The maximum absolute atomic E-state index is 13.1. The van der Waals surface area contributed by atoms with Gasteiger partial charge in [-0.05, 0) is 71.5 Å². The fraction of sp³-hybridized carbons (Fsp3) is 0.500. The highest BCUT2D eigenvalue weighted by molar-refractivity contribution is 7.89. The van der Waals surface area contributed by atoms with E-state index < -0.39 is 15.6 Å². The van der Waals surface area contributed by atoms with Gasteiger partial charge < -0.3 is 29.8 Å². The summed E-state index contributed by atoms with van der Waals surface area (Å²) in [7, 11) is 1.71. The van der Waals surface area contributed by atoms with Crippen molar-refractivity contribution < 1.29 is 27.8 Å². The highest BCUT2D eigenvalue weighted by Gasteiger charge is 2.36. The van der Waals surface area contributed by atoms with Crippen molar-refractivity contribution in [3.05, 3.63) is 30.5 Å². The number of hydrogen-bond donors (Lipinski definition) is 3. The Morgan fingerprint density at radius 1 is 1.23 bits per heavy atom. The van der Waals surface area contributed by atoms with E-state index in [4.69, 9.17) is 25.1 Å². The number of rotatable bonds is 7. The number of likely N-dealkylation sites (N-methyl/N-ethyl adjacent to an activating group) is 1. The van der Waals surface area contributed by atoms with E-state index in [9.17, 15) is 8.42 Å². The molecule has 39 heavy (non-hydrogen) atoms. The summed E-state index contributed by atoms with van der Waals surface area (Å²) in [5.41, 5.74) is 8.73. The Bertz CT molecular complexity index is 1410. The molecule has 0 saturated carbocycles. The number of imidazole rings is 1. The van der Waals surface area contributed by atoms with Gasteiger partial charge in [-0.15, -0.1) is 0 Å². The van der Waals surface area contributed by atoms with Crippen LogP contribution in [-0.2, 0) is 26.1 Å². The lowest BCUT2D eigenvalue weighted by atomic mass is 9.88. The standard InChI is InChI=1S/C25H36N6O4S.CH2O2/c1-24(2,3)29-36(32,33)21-14-18(15-27-22(21)34-6)17-7-8-19-20(13-17)31(23(26)28-19)16-25(30(4)5)9-11-35-12-10-25;2-1-3/h7-8,13-15,29H,9-12,16H2,1-6H3,(H2,26,28);1H,(H,2,3). The van der Waals surface area contributed by atoms with Gasteiger partial charge in [-0.1, -0.05) is 6.07 Å². The van der Waals surface area contributed by atoms with Crippen molar-refractivity contribution in [2.45, 2.75) is 56.1 Å². The molecule has 13 heteroatoms. The number of nitrogens with two attached hydrogens (primary N) is 1. The van der Waals surface area contributed by atoms with Crippen LogP contribution in [0.2, 0.25) is 0 Å². The molecule has 3 aromatic rings. The lowest BCUT2D eigenvalue weighted by Gasteiger charge is -2.43. The third kappa shape index (κ3) is 6.85. The van der Waals surface area contributed by atoms with Gasteiger partial charge in [0.2, 0.25) is 21.9 Å². The average molecular weight is 563 g/mol. The monoisotopic (exact) mass is 562 g/mol. The van der Waals surface area contributed by atoms with Crippen LogP contribution in [0.15, 0.2) is 35.4 Å². The molecule has 12 nitrogen and oxygen atoms in total. The molecule has 1 aromatic carbocycles. The summed E-state index contributed by atoms with van der Waals surface area (Å²) in [6, 6.07) is 7.37. The Labute approximate surface area is 229 Å². The number of fused-ring (bicyclic) bond motifs is 1. The second-order valence-corrected chi connectivity index (χ2v) is 12.3. The number of nitrogens with one attached hydrogen (secondary N) is 1. The van der Waals surface area contributed by atoms with E-state index in [0.717, 1.165) is 29.4 Å². The van der Waals surface area contributed by atoms with Crippen LogP contribution < -0.4 is 15.2 Å². The number of benzene rings is 1. The first-order valence-electron chi connectivity index (χ1n) is 12.4. The molecule has 214 valence electrons. The van der Waals surface area contributed by atoms with Gasteiger partial charge in [0.25, 0.3) is 6.47 Å². The third-order valence-electron chi connectivity index (χ3n) is 6.68. The number of carboxylic acid groups (broad SMARTS) is 1. The smallest absolute Gasteiger partial charge is 0.290 e. The van der Waals surface area contributed by atoms with Crippen molar-refractivity contribution >= 4 is 33.5 Å². The summed E-state index contributed by atoms with van der Waals surface area (Å²) in [6.07, 6.45) is 3.40. The van der Waals surface area contributed by atoms with E-state index in [1.165, 1.54) is 7.11 Å². The molecule has 2 aromatic heterocycles. The van der Waals surface area contributed by atoms with E-state index >= 15 is 0 Å². The molecule has 4 N–H and O–H groups in total. The van der Waals surface area contributed by atoms with Crippen LogP contribution in [0.5, 0.6) is 5.88 Å². The molecule has 0 spiro atoms. The molecular weight excluding hydrogens is 524 g/mol. The number of sulfonamides is 1. The molecule has 0 atom stereocenters. The van der Waals surface area contributed by atoms with E-state index in [1.54, 1.807) is 33.0 Å². The number of nitrogen functional groups attached to an aromatic ring is 1. The summed E-state index contributed by atoms with van der Waals surface area (Å²) >= 11 is 0. The fourth-order valence-corrected chi connectivity index (χ4v) is 6.24. The molecular formula is C26H38N6O6S. The van der Waals surface area contributed by atoms with Gasteiger partial charge in [0.15, 0.2) is 0 Å². The number of aromatic nitrogens is 3. The Morgan fingerprint density at radius 2 is 1.87 bits per heavy atom. The van der Waals surface area contributed by atoms with Gasteiger partial charge in [-0.2, -0.15) is 0 Å². The van der Waals surface area contributed by atoms with Crippen molar-refractivity contribution in [1.29, 1.82) is 0 Å². The molecule has 0 aliphatic carbocycles. The number of hydrogen-bond acceptors (Lipinski definition) is 9. The predicted molar refractivity (Wildman–Crippen MR) is 149 cm³/mol. The molecule has 1 saturated heterocycles. The van der Waals surface area contributed by atoms with E-state index in [-0.39, 0.29) is 22.8 Å². The summed E-state index contributed by atoms with van der Waals surface area (Å²) in [5.74, 6) is 0.485. The second kappa shape index (κ2) is 11.9. The second-order valence-electron chi connectivity index (χ2n) is 10.7. The van der Waals surface area contributed by atoms with Crippen LogP contribution in [0.3, 0.4) is 0 Å². The topological polar surface area (TPSA) is 162 Å². The summed E-state index contributed by atoms with van der Waals surface area (Å²) in [5, 5.41) is 6.89. The van der Waals surface area contributed by atoms with Crippen LogP contribution >= 0.6 is 0 Å². The minimum absolute atomic E-state index is 0.0145. The SMILES string of the molecule is COc1ncc(-c2ccc3nc(N)n(CC4(N(C)C)CCOCC4)c3c2)cc1S(=O)(=O)NC(C)(C)C.O=CO. The summed E-state index contributed by atoms with van der Waals surface area (Å²) < 4.78 is 41.9. The van der Waals surface area contributed by atoms with Gasteiger partial charge >= 0.3 is 0 Å². The first kappa shape index (κ1) is 30.3. The number of anilines is 1. The zero-order valence-corrected chi connectivity index (χ0v) is 24.1. The van der Waals surface area contributed by atoms with Gasteiger partial charge in [-0.3, -0.25) is 4.79 Å². The Balaban J connectivity index is 0.00000134. The lowest BCUT2D eigenvalue weighted by molar-refractivity contribution is -0.122. The Kier molecular flexibility index (Phi) is 9.21. The van der Waals surface area contributed by atoms with Gasteiger partial charge in [0, 0.05) is 42.6 Å². The third-order valence-corrected chi connectivity index (χ3v) is 8.43. The fourth-order valence-electron chi connectivity index (χ4n) is 4.67. The number of carbonyl (C=O) groups is 1. The van der Waals surface area contributed by atoms with E-state index in [0.29, 0.717) is 31.3 Å². The minimum Gasteiger partial charge on any atom is -0.483 e. The first-order valence-corrected chi connectivity index (χ1v) is 13.9. The van der Waals surface area contributed by atoms with Crippen molar-refractivity contribution in [3.63, 3.8) is 0 Å². The molecule has 0 unspecified atom stereocenters. The number of pyridine rings is 1. The van der Waals surface area contributed by atoms with Crippen molar-refractivity contribution in [2.75, 3.05) is 40.2 Å². The molecule has 0 bridgehead atoms. The number of methoxy groups -OCH3 is 1. The number of ether oxygens (including phenoxy) is 2. The van der Waals surface area contributed by atoms with Crippen molar-refractivity contribution in [1.82, 2.24) is 24.2 Å². The maximum atomic E-state index is 13.1. The quantitative estimate of drug-likeness (QED) is 0.365. The van der Waals surface area contributed by atoms with Gasteiger partial charge in [0.05, 0.1) is 18.1 Å². The molecule has 0 amide bonds. The normalized spacial score (nSPS) is 15.6. The van der Waals surface area contributed by atoms with Crippen LogP contribution in [0, 0.1) is 0 Å². The predicted octanol–water partition coefficient (Wildman–Crippen LogP) is 2.58. The molecule has 0 radical (unpaired) electrons. The zero-order chi connectivity index (χ0) is 29.0. The summed E-state index contributed by atoms with van der Waals surface area (Å²) in [6.45, 7) is 7.18. The molecule has 1 aliphatic heterocycles. The lowest BCUT2D eigenvalue weighted by Crippen LogP contribution is -2.51. The van der Waals surface area contributed by atoms with Gasteiger partial charge in [-0.25, -0.2) is 23.1 Å². The van der Waals surface area contributed by atoms with E-state index in [2.05, 4.69) is 33.7 Å². The minimum atomic E-state index is -3.87. The van der Waals surface area contributed by atoms with Crippen molar-refractivity contribution in [2.24, 2.45) is 0 Å².